The van der Waals surface area contributed by atoms with Crippen LogP contribution in [0.5, 0.6) is 0 Å². The van der Waals surface area contributed by atoms with Crippen LogP contribution in [0.3, 0.4) is 0 Å². The Kier molecular flexibility index (Phi) is 21.6. The normalized spacial score (nSPS) is 11.5. The van der Waals surface area contributed by atoms with Crippen molar-refractivity contribution in [3.63, 3.8) is 0 Å². The van der Waals surface area contributed by atoms with Gasteiger partial charge in [0.1, 0.15) is 0 Å². The molecule has 1 aromatic heterocycles. The molecule has 254 valence electrons. The summed E-state index contributed by atoms with van der Waals surface area (Å²) in [6.45, 7) is 19.9. The minimum atomic E-state index is 0. The maximum Gasteiger partial charge on any atom is 2.00 e. The Morgan fingerprint density at radius 3 is 1.02 bits per heavy atom. The molecule has 0 N–H and O–H groups in total. The second kappa shape index (κ2) is 22.6. The van der Waals surface area contributed by atoms with Gasteiger partial charge in [-0.1, -0.05) is 88.8 Å². The number of aromatic nitrogens is 1. The molecule has 6 heteroatoms. The van der Waals surface area contributed by atoms with E-state index in [1.54, 1.807) is 0 Å². The smallest absolute Gasteiger partial charge is 1.00 e. The first-order valence-electron chi connectivity index (χ1n) is 17.0. The molecule has 0 unspecified atom stereocenters. The van der Waals surface area contributed by atoms with Crippen LogP contribution in [-0.2, 0) is 42.8 Å². The zero-order chi connectivity index (χ0) is 31.4. The molecule has 0 aliphatic carbocycles. The van der Waals surface area contributed by atoms with E-state index in [2.05, 4.69) is 98.7 Å². The van der Waals surface area contributed by atoms with Crippen LogP contribution >= 0.6 is 0 Å². The van der Waals surface area contributed by atoms with Crippen LogP contribution in [0.25, 0.3) is 0 Å². The van der Waals surface area contributed by atoms with Crippen molar-refractivity contribution < 1.29 is 41.9 Å². The van der Waals surface area contributed by atoms with Gasteiger partial charge in [-0.15, -0.1) is 0 Å². The number of aryl methyl sites for hydroxylation is 7. The average molecular weight is 707 g/mol. The molecule has 0 spiro atoms. The van der Waals surface area contributed by atoms with Crippen LogP contribution in [0.15, 0.2) is 46.4 Å². The van der Waals surface area contributed by atoms with Crippen LogP contribution in [0, 0.1) is 20.8 Å². The summed E-state index contributed by atoms with van der Waals surface area (Å²) in [6.07, 6.45) is 13.7. The van der Waals surface area contributed by atoms with Crippen molar-refractivity contribution in [2.75, 3.05) is 0 Å². The first-order valence-corrected chi connectivity index (χ1v) is 17.0. The second-order valence-corrected chi connectivity index (χ2v) is 12.6. The molecule has 0 radical (unpaired) electrons. The van der Waals surface area contributed by atoms with Crippen LogP contribution in [0.4, 0.5) is 11.4 Å². The van der Waals surface area contributed by atoms with Crippen molar-refractivity contribution in [2.45, 2.75) is 139 Å². The summed E-state index contributed by atoms with van der Waals surface area (Å²) in [5.41, 5.74) is 15.5. The Morgan fingerprint density at radius 2 is 0.761 bits per heavy atom. The first kappa shape index (κ1) is 44.0. The number of benzene rings is 2. The van der Waals surface area contributed by atoms with Gasteiger partial charge >= 0.3 is 17.1 Å². The zero-order valence-electron chi connectivity index (χ0n) is 29.9. The number of pyridine rings is 1. The van der Waals surface area contributed by atoms with E-state index in [0.717, 1.165) is 48.5 Å². The molecule has 0 aliphatic rings. The SMILES string of the molecule is CCCCc1cc(C)cc(CCCC)c1N=C(C)c1cc(C)cc(C(C)=Nc2c(CCCC)cc(C)cc2CCCC)n1.[Cl-].[Cl-].[Fe+2]. The third-order valence-corrected chi connectivity index (χ3v) is 8.29. The summed E-state index contributed by atoms with van der Waals surface area (Å²) in [4.78, 5) is 15.8. The van der Waals surface area contributed by atoms with Crippen molar-refractivity contribution in [3.05, 3.63) is 86.7 Å². The Balaban J connectivity index is 0.00000675. The van der Waals surface area contributed by atoms with E-state index < -0.39 is 0 Å². The molecular weight excluding hydrogens is 649 g/mol. The molecule has 46 heavy (non-hydrogen) atoms. The second-order valence-electron chi connectivity index (χ2n) is 12.6. The molecule has 0 saturated carbocycles. The Labute approximate surface area is 304 Å². The van der Waals surface area contributed by atoms with E-state index in [4.69, 9.17) is 15.0 Å². The quantitative estimate of drug-likeness (QED) is 0.140. The van der Waals surface area contributed by atoms with Crippen molar-refractivity contribution in [1.29, 1.82) is 0 Å². The average Bonchev–Trinajstić information content (AvgIpc) is 2.98. The summed E-state index contributed by atoms with van der Waals surface area (Å²) in [7, 11) is 0. The molecule has 1 heterocycles. The van der Waals surface area contributed by atoms with Gasteiger partial charge in [0.05, 0.1) is 34.2 Å². The summed E-state index contributed by atoms with van der Waals surface area (Å²) in [6, 6.07) is 13.7. The summed E-state index contributed by atoms with van der Waals surface area (Å²) >= 11 is 0. The maximum atomic E-state index is 5.32. The largest absolute Gasteiger partial charge is 2.00 e. The number of aliphatic imine (C=N–C) groups is 2. The van der Waals surface area contributed by atoms with Crippen molar-refractivity contribution in [1.82, 2.24) is 4.98 Å². The van der Waals surface area contributed by atoms with Crippen molar-refractivity contribution >= 4 is 22.8 Å². The Hall–Kier alpha value is -1.97. The predicted octanol–water partition coefficient (Wildman–Crippen LogP) is 5.66. The number of hydrogen-bond donors (Lipinski definition) is 0. The molecule has 3 aromatic rings. The van der Waals surface area contributed by atoms with Crippen molar-refractivity contribution in [3.8, 4) is 0 Å². The Morgan fingerprint density at radius 1 is 0.500 bits per heavy atom. The van der Waals surface area contributed by atoms with Gasteiger partial charge in [-0.2, -0.15) is 0 Å². The number of nitrogens with zero attached hydrogens (tertiary/aromatic N) is 3. The van der Waals surface area contributed by atoms with Gasteiger partial charge in [0.25, 0.3) is 0 Å². The van der Waals surface area contributed by atoms with Gasteiger partial charge < -0.3 is 24.8 Å². The van der Waals surface area contributed by atoms with Crippen LogP contribution in [0.2, 0.25) is 0 Å². The molecular formula is C40H57Cl2FeN3. The molecule has 3 rings (SSSR count). The molecule has 0 bridgehead atoms. The minimum Gasteiger partial charge on any atom is -1.00 e. The van der Waals surface area contributed by atoms with Crippen LogP contribution in [0.1, 0.15) is 143 Å². The predicted molar refractivity (Wildman–Crippen MR) is 190 cm³/mol. The number of unbranched alkanes of at least 4 members (excludes halogenated alkanes) is 4. The van der Waals surface area contributed by atoms with Gasteiger partial charge in [0.2, 0.25) is 0 Å². The zero-order valence-corrected chi connectivity index (χ0v) is 32.5. The fraction of sp³-hybridized carbons (Fsp3) is 0.525. The fourth-order valence-corrected chi connectivity index (χ4v) is 5.87. The van der Waals surface area contributed by atoms with E-state index in [0.29, 0.717) is 0 Å². The fourth-order valence-electron chi connectivity index (χ4n) is 5.87. The maximum absolute atomic E-state index is 5.32. The van der Waals surface area contributed by atoms with Gasteiger partial charge in [-0.3, -0.25) is 9.98 Å². The molecule has 0 fully saturated rings. The molecule has 2 aromatic carbocycles. The van der Waals surface area contributed by atoms with Crippen LogP contribution in [-0.4, -0.2) is 16.4 Å². The van der Waals surface area contributed by atoms with E-state index in [1.807, 2.05) is 0 Å². The topological polar surface area (TPSA) is 37.6 Å². The monoisotopic (exact) mass is 705 g/mol. The minimum absolute atomic E-state index is 0. The van der Waals surface area contributed by atoms with E-state index in [-0.39, 0.29) is 41.9 Å². The number of rotatable bonds is 16. The molecule has 0 amide bonds. The van der Waals surface area contributed by atoms with Gasteiger partial charge in [0, 0.05) is 0 Å². The number of hydrogen-bond acceptors (Lipinski definition) is 3. The van der Waals surface area contributed by atoms with Gasteiger partial charge in [-0.25, -0.2) is 4.98 Å². The summed E-state index contributed by atoms with van der Waals surface area (Å²) in [5, 5.41) is 0. The molecule has 0 atom stereocenters. The van der Waals surface area contributed by atoms with E-state index in [9.17, 15) is 0 Å². The molecule has 3 nitrogen and oxygen atoms in total. The Bertz CT molecular complexity index is 1270. The van der Waals surface area contributed by atoms with E-state index in [1.165, 1.54) is 102 Å². The first-order chi connectivity index (χ1) is 20.7. The third-order valence-electron chi connectivity index (χ3n) is 8.29. The van der Waals surface area contributed by atoms with Crippen molar-refractivity contribution in [2.24, 2.45) is 9.98 Å². The van der Waals surface area contributed by atoms with Gasteiger partial charge in [0.15, 0.2) is 0 Å². The van der Waals surface area contributed by atoms with Gasteiger partial charge in [-0.05, 0) is 126 Å². The molecule has 0 saturated heterocycles. The standard InChI is InChI=1S/C40H57N3.2ClH.Fe/c1-10-14-18-33-22-28(5)23-34(19-15-11-2)39(33)41-31(8)37-26-30(7)27-38(43-37)32(9)42-40-35(20-16-12-3)24-29(6)25-36(40)21-17-13-4;;;/h22-27H,10-21H2,1-9H3;2*1H;/q;;;+2/p-2. The summed E-state index contributed by atoms with van der Waals surface area (Å²) in [5.74, 6) is 0. The third kappa shape index (κ3) is 12.9. The number of halogens is 2. The van der Waals surface area contributed by atoms with E-state index >= 15 is 0 Å². The summed E-state index contributed by atoms with van der Waals surface area (Å²) < 4.78 is 0. The van der Waals surface area contributed by atoms with Crippen LogP contribution < -0.4 is 24.8 Å². The molecule has 0 aliphatic heterocycles.